The number of halogens is 40. The van der Waals surface area contributed by atoms with Crippen LogP contribution in [0.2, 0.25) is 5.02 Å². The molecule has 0 saturated carbocycles. The molecule has 0 bridgehead atoms. The number of hydrogen-bond donors (Lipinski definition) is 1. The molecule has 1 N–H and O–H groups in total. The first-order valence-corrected chi connectivity index (χ1v) is 33.6. The zero-order valence-electron chi connectivity index (χ0n) is 63.3. The summed E-state index contributed by atoms with van der Waals surface area (Å²) in [6, 6.07) is 53.2. The number of alkyl halides is 39. The van der Waals surface area contributed by atoms with E-state index >= 15 is 0 Å². The second-order valence-corrected chi connectivity index (χ2v) is 25.5. The van der Waals surface area contributed by atoms with E-state index in [9.17, 15) is 201 Å². The van der Waals surface area contributed by atoms with Crippen molar-refractivity contribution in [3.05, 3.63) is 281 Å². The van der Waals surface area contributed by atoms with Crippen molar-refractivity contribution >= 4 is 28.9 Å². The number of rotatable bonds is 32. The summed E-state index contributed by atoms with van der Waals surface area (Å²) in [6.45, 7) is -6.78. The first kappa shape index (κ1) is 113. The summed E-state index contributed by atoms with van der Waals surface area (Å²) >= 11 is 5.57. The first-order chi connectivity index (χ1) is 57.2. The van der Waals surface area contributed by atoms with Crippen LogP contribution in [0.25, 0.3) is 10.6 Å². The van der Waals surface area contributed by atoms with Crippen LogP contribution in [0, 0.1) is 31.5 Å². The van der Waals surface area contributed by atoms with Gasteiger partial charge in [-0.1, -0.05) is 194 Å². The molecule has 0 spiro atoms. The van der Waals surface area contributed by atoms with Crippen LogP contribution in [0.3, 0.4) is 0 Å². The number of nitro groups is 2. The average Bonchev–Trinajstić information content (AvgIpc) is 0.718. The Hall–Kier alpha value is -9.81. The van der Waals surface area contributed by atoms with E-state index in [0.29, 0.717) is 16.3 Å². The van der Waals surface area contributed by atoms with E-state index in [1.807, 2.05) is 66.7 Å². The van der Waals surface area contributed by atoms with Crippen LogP contribution >= 0.6 is 11.6 Å². The van der Waals surface area contributed by atoms with E-state index in [0.717, 1.165) is 17.3 Å². The smallest absolute Gasteiger partial charge is 1.00 e. The van der Waals surface area contributed by atoms with Crippen molar-refractivity contribution in [2.75, 3.05) is 26.4 Å². The molecule has 698 valence electrons. The third kappa shape index (κ3) is 24.0. The molecule has 0 unspecified atom stereocenters. The molecule has 0 fully saturated rings. The van der Waals surface area contributed by atoms with Crippen LogP contribution in [-0.2, 0) is 25.5 Å². The van der Waals surface area contributed by atoms with Crippen molar-refractivity contribution in [2.45, 2.75) is 138 Å². The van der Waals surface area contributed by atoms with Crippen LogP contribution in [0.4, 0.5) is 177 Å². The third-order valence-corrected chi connectivity index (χ3v) is 17.0. The quantitative estimate of drug-likeness (QED) is 0.0107. The predicted octanol–water partition coefficient (Wildman–Crippen LogP) is 22.1. The molecule has 0 aliphatic heterocycles. The molecule has 7 rings (SSSR count). The number of carbonyl (C=O) groups excluding carboxylic acids is 1. The Morgan fingerprint density at radius 1 is 0.386 bits per heavy atom. The summed E-state index contributed by atoms with van der Waals surface area (Å²) < 4.78 is 519. The minimum Gasteiger partial charge on any atom is -1.00 e. The summed E-state index contributed by atoms with van der Waals surface area (Å²) in [5, 5.41) is 44.1. The fraction of sp³-hybridized carbons (Fsp3) is 0.370. The van der Waals surface area contributed by atoms with Gasteiger partial charge in [0.1, 0.15) is 0 Å². The van der Waals surface area contributed by atoms with E-state index in [1.165, 1.54) is 127 Å². The fourth-order valence-corrected chi connectivity index (χ4v) is 10.1. The molecule has 0 aromatic heterocycles. The molecule has 127 heavy (non-hydrogen) atoms. The number of ether oxygens (including phenoxy) is 2. The van der Waals surface area contributed by atoms with Crippen molar-refractivity contribution in [2.24, 2.45) is 4.99 Å². The molecule has 0 saturated heterocycles. The molecule has 0 aliphatic carbocycles. The van der Waals surface area contributed by atoms with E-state index in [2.05, 4.69) is 10.0 Å². The number of aliphatic hydroxyl groups excluding tert-OH is 1. The molecule has 13 nitrogen and oxygen atoms in total. The maximum atomic E-state index is 14.3. The molecule has 54 heteroatoms. The van der Waals surface area contributed by atoms with Crippen molar-refractivity contribution in [3.8, 4) is 6.07 Å². The van der Waals surface area contributed by atoms with Gasteiger partial charge in [-0.3, -0.25) is 20.2 Å². The van der Waals surface area contributed by atoms with E-state index < -0.39 is 174 Å². The van der Waals surface area contributed by atoms with Crippen molar-refractivity contribution in [1.29, 1.82) is 0 Å². The maximum Gasteiger partial charge on any atom is 1.00 e. The topological polar surface area (TPSA) is 182 Å². The summed E-state index contributed by atoms with van der Waals surface area (Å²) in [5.74, 6) is -112. The maximum absolute atomic E-state index is 14.3. The Morgan fingerprint density at radius 2 is 0.646 bits per heavy atom. The molecule has 0 atom stereocenters. The number of nitrogens with zero attached hydrogens (tertiary/aromatic N) is 4. The second-order valence-electron chi connectivity index (χ2n) is 25.1. The Kier molecular flexibility index (Phi) is 37.6. The van der Waals surface area contributed by atoms with Crippen molar-refractivity contribution < 1.29 is 231 Å². The Morgan fingerprint density at radius 3 is 0.898 bits per heavy atom. The largest absolute Gasteiger partial charge is 1.00 e. The molecule has 0 aliphatic rings. The van der Waals surface area contributed by atoms with E-state index in [4.69, 9.17) is 26.2 Å². The molecule has 7 aromatic carbocycles. The Balaban J connectivity index is 0.000000850. The number of benzene rings is 7. The van der Waals surface area contributed by atoms with Gasteiger partial charge in [-0.15, -0.1) is 0 Å². The van der Waals surface area contributed by atoms with Gasteiger partial charge in [-0.05, 0) is 46.5 Å². The van der Waals surface area contributed by atoms with Crippen molar-refractivity contribution in [1.82, 2.24) is 0 Å². The normalized spacial score (nSPS) is 13.4. The zero-order valence-corrected chi connectivity index (χ0v) is 65.0. The fourth-order valence-electron chi connectivity index (χ4n) is 9.99. The molecular weight excluding hydrogens is 1880 g/mol. The minimum atomic E-state index is -8.02. The van der Waals surface area contributed by atoms with Crippen LogP contribution < -0.4 is 29.6 Å². The number of isocyanates is 1. The van der Waals surface area contributed by atoms with Gasteiger partial charge in [0.15, 0.2) is 5.60 Å². The van der Waals surface area contributed by atoms with Crippen LogP contribution in [0.5, 0.6) is 0 Å². The summed E-state index contributed by atoms with van der Waals surface area (Å²) in [7, 11) is 0. The Labute approximate surface area is 714 Å². The molecule has 0 heterocycles. The van der Waals surface area contributed by atoms with Gasteiger partial charge in [0.25, 0.3) is 5.60 Å². The summed E-state index contributed by atoms with van der Waals surface area (Å²) in [6.07, 6.45) is -27.8. The van der Waals surface area contributed by atoms with E-state index in [-0.39, 0.29) is 53.2 Å². The summed E-state index contributed by atoms with van der Waals surface area (Å²) in [4.78, 5) is 33.8. The van der Waals surface area contributed by atoms with Gasteiger partial charge < -0.3 is 21.2 Å². The predicted molar refractivity (Wildman–Crippen MR) is 362 cm³/mol. The van der Waals surface area contributed by atoms with Gasteiger partial charge in [-0.25, -0.2) is 4.79 Å². The first-order valence-electron chi connectivity index (χ1n) is 33.2. The monoisotopic (exact) mass is 1930 g/mol. The van der Waals surface area contributed by atoms with Gasteiger partial charge in [0.05, 0.1) is 29.4 Å². The molecule has 0 radical (unpaired) electrons. The average molecular weight is 1930 g/mol. The van der Waals surface area contributed by atoms with Crippen LogP contribution in [0.1, 0.15) is 54.1 Å². The SMILES string of the molecule is O=C=Nc1ccc(Cl)cc1.O=[N+]([O-])C=C(c1ccccc1)c1ccccc1.O=[N+]([O-])CC(OCCC(F)(F)C(F)(F)C(F)(F)C(F)(F)C(F)(F)C(F)(F)F)(c1ccccc1)c1ccccc1.OCCC(F)(F)C(F)(F)C(F)(F)C(F)(F)C(F)(F)C(F)(F)F.[H-].[Na+].[O-][N+]#CC(OCCC(F)(F)C(F)(F)C(F)(F)C(F)(F)C(F)(F)C(F)(F)F)(c1ccccc1)c1ccccc1. The minimum absolute atomic E-state index is 0. The number of aliphatic imine (C=N–C) groups is 1. The zero-order chi connectivity index (χ0) is 97.3. The summed E-state index contributed by atoms with van der Waals surface area (Å²) in [5.41, 5.74) is -2.21. The van der Waals surface area contributed by atoms with Gasteiger partial charge in [-0.2, -0.15) is 176 Å². The Bertz CT molecular complexity index is 4690. The van der Waals surface area contributed by atoms with E-state index in [1.54, 1.807) is 24.3 Å². The molecule has 0 amide bonds. The van der Waals surface area contributed by atoms with Gasteiger partial charge >= 0.3 is 143 Å². The van der Waals surface area contributed by atoms with Gasteiger partial charge in [0, 0.05) is 52.0 Å². The number of aliphatic hydroxyl groups is 1. The molecule has 7 aromatic rings. The molecular formula is C73H51ClF39N4NaO9. The van der Waals surface area contributed by atoms with Crippen LogP contribution in [0.15, 0.2) is 217 Å². The second kappa shape index (κ2) is 42.2. The van der Waals surface area contributed by atoms with Gasteiger partial charge in [0.2, 0.25) is 18.8 Å². The van der Waals surface area contributed by atoms with Crippen LogP contribution in [-0.4, -0.2) is 155 Å². The standard InChI is InChI=1S/C22H16F13NO3.C22H14F13NO2.C14H11NO2.C8H5F13O.C7H4ClNO.Na.H/c23-17(24,18(25,26)19(27,28)20(29,30)21(31,32)22(33,34)35)11-12-39-16(13-36(37)38,14-7-3-1-4-8-14)15-9-5-2-6-10-15;23-17(24,18(25,26)19(27,28)20(29,30)21(31,32)22(33,34)35)11-12-38-16(13-36-37,14-7-3-1-4-8-14)15-9-5-2-6-10-15;16-15(17)11-14(12-7-3-1-4-8-12)13-9-5-2-6-10-13;9-3(10,1-2-22)4(11,12)5(13,14)6(15,16)7(17,18)8(19,20)21;8-6-1-3-7(4-2-6)9-5-10;;/h1-10H,11-13H2;1-10H,11-12H2;1-11H;22H,1-2H2;1-4H;;/q;;;;;+1;-1. The number of hydrogen-bond acceptors (Lipinski definition) is 10. The van der Waals surface area contributed by atoms with Crippen molar-refractivity contribution in [3.63, 3.8) is 0 Å². The third-order valence-electron chi connectivity index (χ3n) is 16.7.